The molecular formula is C11H13F2N5S2. The van der Waals surface area contributed by atoms with E-state index in [0.29, 0.717) is 16.0 Å². The van der Waals surface area contributed by atoms with Crippen molar-refractivity contribution in [2.24, 2.45) is 0 Å². The summed E-state index contributed by atoms with van der Waals surface area (Å²) in [5.41, 5.74) is 0. The van der Waals surface area contributed by atoms with Crippen LogP contribution in [0.5, 0.6) is 0 Å². The zero-order chi connectivity index (χ0) is 14.7. The molecule has 0 saturated heterocycles. The lowest BCUT2D eigenvalue weighted by molar-refractivity contribution is 0.551. The molecule has 2 aromatic heterocycles. The maximum absolute atomic E-state index is 13.7. The molecule has 0 saturated carbocycles. The van der Waals surface area contributed by atoms with Crippen LogP contribution in [0.4, 0.5) is 19.7 Å². The van der Waals surface area contributed by atoms with E-state index in [-0.39, 0.29) is 10.8 Å². The predicted molar refractivity (Wildman–Crippen MR) is 76.7 cm³/mol. The Bertz CT molecular complexity index is 602. The fourth-order valence-electron chi connectivity index (χ4n) is 1.32. The zero-order valence-electron chi connectivity index (χ0n) is 11.1. The topological polar surface area (TPSA) is 53.9 Å². The lowest BCUT2D eigenvalue weighted by Gasteiger charge is -2.06. The van der Waals surface area contributed by atoms with E-state index in [4.69, 9.17) is 0 Å². The second kappa shape index (κ2) is 6.31. The van der Waals surface area contributed by atoms with Gasteiger partial charge in [0, 0.05) is 26.7 Å². The van der Waals surface area contributed by atoms with Crippen LogP contribution in [0.25, 0.3) is 0 Å². The molecule has 9 heteroatoms. The van der Waals surface area contributed by atoms with Gasteiger partial charge in [-0.3, -0.25) is 0 Å². The molecule has 20 heavy (non-hydrogen) atoms. The summed E-state index contributed by atoms with van der Waals surface area (Å²) in [5.74, 6) is -1.38. The number of halogens is 2. The molecule has 2 rings (SSSR count). The van der Waals surface area contributed by atoms with Crippen LogP contribution in [0.1, 0.15) is 6.92 Å². The second-order valence-corrected chi connectivity index (χ2v) is 6.18. The van der Waals surface area contributed by atoms with Crippen molar-refractivity contribution in [3.05, 3.63) is 17.7 Å². The highest BCUT2D eigenvalue weighted by Crippen LogP contribution is 2.34. The number of rotatable bonds is 5. The van der Waals surface area contributed by atoms with Crippen LogP contribution in [0.2, 0.25) is 0 Å². The molecule has 0 radical (unpaired) electrons. The van der Waals surface area contributed by atoms with Gasteiger partial charge in [0.1, 0.15) is 5.03 Å². The summed E-state index contributed by atoms with van der Waals surface area (Å²) in [5, 5.41) is 11.4. The van der Waals surface area contributed by atoms with E-state index in [1.807, 2.05) is 21.0 Å². The van der Waals surface area contributed by atoms with Crippen molar-refractivity contribution in [2.75, 3.05) is 30.9 Å². The largest absolute Gasteiger partial charge is 0.368 e. The van der Waals surface area contributed by atoms with Gasteiger partial charge in [-0.15, -0.1) is 10.2 Å². The molecular weight excluding hydrogens is 304 g/mol. The van der Waals surface area contributed by atoms with Gasteiger partial charge in [-0.05, 0) is 18.7 Å². The Labute approximate surface area is 123 Å². The quantitative estimate of drug-likeness (QED) is 0.915. The van der Waals surface area contributed by atoms with E-state index in [9.17, 15) is 8.78 Å². The van der Waals surface area contributed by atoms with Crippen LogP contribution in [0.3, 0.4) is 0 Å². The Morgan fingerprint density at radius 3 is 2.65 bits per heavy atom. The van der Waals surface area contributed by atoms with Crippen molar-refractivity contribution in [3.63, 3.8) is 0 Å². The Morgan fingerprint density at radius 2 is 2.05 bits per heavy atom. The summed E-state index contributed by atoms with van der Waals surface area (Å²) in [6, 6.07) is 0.821. The molecule has 0 amide bonds. The predicted octanol–water partition coefficient (Wildman–Crippen LogP) is 2.86. The van der Waals surface area contributed by atoms with Gasteiger partial charge in [0.05, 0.1) is 0 Å². The normalized spacial score (nSPS) is 10.7. The Kier molecular flexibility index (Phi) is 4.71. The molecule has 2 aromatic rings. The number of hydrogen-bond donors (Lipinski definition) is 1. The molecule has 0 aliphatic carbocycles. The van der Waals surface area contributed by atoms with Gasteiger partial charge in [0.2, 0.25) is 5.13 Å². The summed E-state index contributed by atoms with van der Waals surface area (Å²) in [6.45, 7) is 2.31. The molecule has 0 fully saturated rings. The molecule has 0 aromatic carbocycles. The molecule has 0 unspecified atom stereocenters. The van der Waals surface area contributed by atoms with Crippen LogP contribution >= 0.6 is 23.1 Å². The molecule has 0 spiro atoms. The summed E-state index contributed by atoms with van der Waals surface area (Å²) in [6.07, 6.45) is 0. The highest BCUT2D eigenvalue weighted by atomic mass is 32.2. The van der Waals surface area contributed by atoms with Crippen LogP contribution in [0.15, 0.2) is 15.4 Å². The zero-order valence-corrected chi connectivity index (χ0v) is 12.8. The van der Waals surface area contributed by atoms with Crippen molar-refractivity contribution in [3.8, 4) is 0 Å². The van der Waals surface area contributed by atoms with E-state index in [1.165, 1.54) is 11.3 Å². The van der Waals surface area contributed by atoms with E-state index in [1.54, 1.807) is 4.90 Å². The molecule has 5 nitrogen and oxygen atoms in total. The lowest BCUT2D eigenvalue weighted by Crippen LogP contribution is -2.07. The van der Waals surface area contributed by atoms with Gasteiger partial charge in [-0.1, -0.05) is 11.3 Å². The number of nitrogens with zero attached hydrogens (tertiary/aromatic N) is 4. The average Bonchev–Trinajstić information content (AvgIpc) is 2.84. The minimum absolute atomic E-state index is 0.0359. The van der Waals surface area contributed by atoms with Crippen molar-refractivity contribution < 1.29 is 8.78 Å². The number of hydrogen-bond acceptors (Lipinski definition) is 7. The van der Waals surface area contributed by atoms with Gasteiger partial charge in [-0.2, -0.15) is 0 Å². The number of nitrogens with one attached hydrogen (secondary N) is 1. The average molecular weight is 317 g/mol. The van der Waals surface area contributed by atoms with Crippen molar-refractivity contribution >= 4 is 34.0 Å². The molecule has 0 aliphatic heterocycles. The van der Waals surface area contributed by atoms with E-state index in [0.717, 1.165) is 17.8 Å². The van der Waals surface area contributed by atoms with E-state index >= 15 is 0 Å². The van der Waals surface area contributed by atoms with Crippen molar-refractivity contribution in [1.82, 2.24) is 15.2 Å². The number of pyridine rings is 1. The van der Waals surface area contributed by atoms with Gasteiger partial charge in [0.25, 0.3) is 0 Å². The smallest absolute Gasteiger partial charge is 0.208 e. The minimum Gasteiger partial charge on any atom is -0.368 e. The molecule has 0 atom stereocenters. The van der Waals surface area contributed by atoms with Crippen molar-refractivity contribution in [1.29, 1.82) is 0 Å². The fourth-order valence-corrected chi connectivity index (χ4v) is 2.99. The molecule has 108 valence electrons. The minimum atomic E-state index is -0.712. The summed E-state index contributed by atoms with van der Waals surface area (Å²) < 4.78 is 27.7. The Balaban J connectivity index is 2.25. The molecule has 0 aliphatic rings. The first-order valence-corrected chi connectivity index (χ1v) is 7.43. The van der Waals surface area contributed by atoms with Gasteiger partial charge in [-0.25, -0.2) is 13.8 Å². The lowest BCUT2D eigenvalue weighted by atomic mass is 10.4. The highest BCUT2D eigenvalue weighted by molar-refractivity contribution is 8.01. The van der Waals surface area contributed by atoms with Crippen LogP contribution in [0, 0.1) is 11.6 Å². The Hall–Kier alpha value is -1.48. The third-order valence-corrected chi connectivity index (χ3v) is 4.33. The van der Waals surface area contributed by atoms with Crippen molar-refractivity contribution in [2.45, 2.75) is 16.3 Å². The third kappa shape index (κ3) is 3.34. The second-order valence-electron chi connectivity index (χ2n) is 3.98. The standard InChI is InChI=1S/C11H13F2N5S2/c1-4-14-8-6(12)5-7(13)9(15-8)19-11-17-16-10(20-11)18(2)3/h5H,4H2,1-3H3,(H,14,15). The number of aromatic nitrogens is 3. The first-order valence-electron chi connectivity index (χ1n) is 5.79. The summed E-state index contributed by atoms with van der Waals surface area (Å²) in [4.78, 5) is 5.74. The van der Waals surface area contributed by atoms with Gasteiger partial charge in [0.15, 0.2) is 21.8 Å². The highest BCUT2D eigenvalue weighted by Gasteiger charge is 2.15. The first kappa shape index (κ1) is 14.9. The van der Waals surface area contributed by atoms with Crippen LogP contribution < -0.4 is 10.2 Å². The van der Waals surface area contributed by atoms with Gasteiger partial charge >= 0.3 is 0 Å². The molecule has 0 bridgehead atoms. The fraction of sp³-hybridized carbons (Fsp3) is 0.364. The van der Waals surface area contributed by atoms with Gasteiger partial charge < -0.3 is 10.2 Å². The summed E-state index contributed by atoms with van der Waals surface area (Å²) in [7, 11) is 3.68. The maximum atomic E-state index is 13.7. The van der Waals surface area contributed by atoms with Crippen LogP contribution in [-0.2, 0) is 0 Å². The molecule has 1 N–H and O–H groups in total. The first-order chi connectivity index (χ1) is 9.51. The maximum Gasteiger partial charge on any atom is 0.208 e. The summed E-state index contributed by atoms with van der Waals surface area (Å²) >= 11 is 2.34. The monoisotopic (exact) mass is 317 g/mol. The third-order valence-electron chi connectivity index (χ3n) is 2.20. The van der Waals surface area contributed by atoms with E-state index in [2.05, 4.69) is 20.5 Å². The molecule has 2 heterocycles. The van der Waals surface area contributed by atoms with E-state index < -0.39 is 11.6 Å². The number of anilines is 2. The van der Waals surface area contributed by atoms with Crippen LogP contribution in [-0.4, -0.2) is 35.8 Å². The Morgan fingerprint density at radius 1 is 1.30 bits per heavy atom. The SMILES string of the molecule is CCNc1nc(Sc2nnc(N(C)C)s2)c(F)cc1F.